The van der Waals surface area contributed by atoms with Gasteiger partial charge in [0.15, 0.2) is 0 Å². The Morgan fingerprint density at radius 2 is 1.84 bits per heavy atom. The van der Waals surface area contributed by atoms with Crippen LogP contribution in [0, 0.1) is 5.92 Å². The first-order chi connectivity index (χ1) is 15.4. The molecule has 0 bridgehead atoms. The van der Waals surface area contributed by atoms with Crippen molar-refractivity contribution in [3.8, 4) is 11.1 Å². The minimum Gasteiger partial charge on any atom is -0.352 e. The maximum Gasteiger partial charge on any atom is 0.241 e. The molecule has 0 aromatic carbocycles. The molecule has 2 unspecified atom stereocenters. The van der Waals surface area contributed by atoms with E-state index in [0.29, 0.717) is 17.9 Å². The Hall–Kier alpha value is -2.58. The van der Waals surface area contributed by atoms with Crippen LogP contribution < -0.4 is 16.2 Å². The maximum atomic E-state index is 13.1. The number of amides is 1. The van der Waals surface area contributed by atoms with E-state index in [2.05, 4.69) is 53.8 Å². The van der Waals surface area contributed by atoms with E-state index in [9.17, 15) is 4.79 Å². The molecule has 1 amide bonds. The van der Waals surface area contributed by atoms with E-state index >= 15 is 0 Å². The first-order valence-electron chi connectivity index (χ1n) is 11.8. The summed E-state index contributed by atoms with van der Waals surface area (Å²) in [6.07, 6.45) is 8.16. The molecular weight excluding hydrogens is 402 g/mol. The summed E-state index contributed by atoms with van der Waals surface area (Å²) in [7, 11) is 0. The molecule has 8 heteroatoms. The van der Waals surface area contributed by atoms with Crippen molar-refractivity contribution in [1.82, 2.24) is 30.7 Å². The van der Waals surface area contributed by atoms with Gasteiger partial charge in [0.1, 0.15) is 6.04 Å². The number of carbonyl (C=O) groups is 1. The highest BCUT2D eigenvalue weighted by atomic mass is 16.2. The van der Waals surface area contributed by atoms with Crippen molar-refractivity contribution in [1.29, 1.82) is 0 Å². The standard InChI is InChI=1S/C24H35N7O/c1-15(2)20-13-21(30-29-20)23(32)31-11-7-18(8-12-31)22-19(17-5-9-25-10-6-17)14-26-24(28-22)27-16(3)4/h5-6,9-10,14-16,18,20-21,29-30H,7-8,11-13H2,1-4H3,(H,26,27,28). The van der Waals surface area contributed by atoms with Crippen molar-refractivity contribution in [3.05, 3.63) is 36.4 Å². The van der Waals surface area contributed by atoms with Crippen molar-refractivity contribution >= 4 is 11.9 Å². The van der Waals surface area contributed by atoms with Gasteiger partial charge in [-0.3, -0.25) is 15.2 Å². The Morgan fingerprint density at radius 3 is 2.47 bits per heavy atom. The van der Waals surface area contributed by atoms with Crippen LogP contribution in [0.25, 0.3) is 11.1 Å². The first kappa shape index (κ1) is 22.6. The fraction of sp³-hybridized carbons (Fsp3) is 0.583. The van der Waals surface area contributed by atoms with Crippen molar-refractivity contribution in [2.75, 3.05) is 18.4 Å². The smallest absolute Gasteiger partial charge is 0.241 e. The number of nitrogens with zero attached hydrogens (tertiary/aromatic N) is 4. The van der Waals surface area contributed by atoms with E-state index in [-0.39, 0.29) is 23.9 Å². The Kier molecular flexibility index (Phi) is 7.01. The van der Waals surface area contributed by atoms with E-state index in [1.54, 1.807) is 12.4 Å². The predicted molar refractivity (Wildman–Crippen MR) is 126 cm³/mol. The van der Waals surface area contributed by atoms with Crippen molar-refractivity contribution < 1.29 is 4.79 Å². The average Bonchev–Trinajstić information content (AvgIpc) is 3.30. The second-order valence-electron chi connectivity index (χ2n) is 9.55. The Bertz CT molecular complexity index is 910. The van der Waals surface area contributed by atoms with Gasteiger partial charge in [-0.2, -0.15) is 0 Å². The van der Waals surface area contributed by atoms with Gasteiger partial charge in [0.2, 0.25) is 11.9 Å². The van der Waals surface area contributed by atoms with Gasteiger partial charge in [-0.05, 0) is 56.7 Å². The van der Waals surface area contributed by atoms with Gasteiger partial charge in [0, 0.05) is 55.2 Å². The maximum absolute atomic E-state index is 13.1. The van der Waals surface area contributed by atoms with Gasteiger partial charge in [0.25, 0.3) is 0 Å². The van der Waals surface area contributed by atoms with Crippen LogP contribution in [-0.4, -0.2) is 57.0 Å². The molecule has 2 fully saturated rings. The molecule has 2 saturated heterocycles. The molecule has 2 aromatic heterocycles. The molecule has 0 saturated carbocycles. The summed E-state index contributed by atoms with van der Waals surface area (Å²) in [6, 6.07) is 4.47. The number of pyridine rings is 1. The molecule has 32 heavy (non-hydrogen) atoms. The van der Waals surface area contributed by atoms with Crippen LogP contribution >= 0.6 is 0 Å². The zero-order valence-corrected chi connectivity index (χ0v) is 19.5. The second-order valence-corrected chi connectivity index (χ2v) is 9.55. The lowest BCUT2D eigenvalue weighted by Crippen LogP contribution is -2.48. The summed E-state index contributed by atoms with van der Waals surface area (Å²) in [5, 5.41) is 3.33. The van der Waals surface area contributed by atoms with Gasteiger partial charge in [-0.25, -0.2) is 15.4 Å². The Balaban J connectivity index is 1.48. The number of hydrazine groups is 1. The van der Waals surface area contributed by atoms with Crippen molar-refractivity contribution in [2.45, 2.75) is 71.0 Å². The van der Waals surface area contributed by atoms with Crippen LogP contribution in [0.1, 0.15) is 58.6 Å². The molecule has 3 N–H and O–H groups in total. The molecule has 0 radical (unpaired) electrons. The highest BCUT2D eigenvalue weighted by Gasteiger charge is 2.35. The van der Waals surface area contributed by atoms with Crippen LogP contribution in [0.5, 0.6) is 0 Å². The predicted octanol–water partition coefficient (Wildman–Crippen LogP) is 2.96. The molecule has 4 rings (SSSR count). The third-order valence-corrected chi connectivity index (χ3v) is 6.46. The summed E-state index contributed by atoms with van der Waals surface area (Å²) in [5.74, 6) is 1.66. The van der Waals surface area contributed by atoms with E-state index in [1.807, 2.05) is 23.2 Å². The summed E-state index contributed by atoms with van der Waals surface area (Å²) in [6.45, 7) is 10.0. The number of nitrogens with one attached hydrogen (secondary N) is 3. The van der Waals surface area contributed by atoms with Gasteiger partial charge < -0.3 is 10.2 Å². The molecule has 0 spiro atoms. The largest absolute Gasteiger partial charge is 0.352 e. The average molecular weight is 438 g/mol. The number of piperidine rings is 1. The molecule has 2 aliphatic heterocycles. The summed E-state index contributed by atoms with van der Waals surface area (Å²) in [4.78, 5) is 28.7. The minimum absolute atomic E-state index is 0.132. The van der Waals surface area contributed by atoms with Crippen LogP contribution in [-0.2, 0) is 4.79 Å². The second kappa shape index (κ2) is 9.92. The molecular formula is C24H35N7O. The van der Waals surface area contributed by atoms with Crippen LogP contribution in [0.2, 0.25) is 0 Å². The Morgan fingerprint density at radius 1 is 1.12 bits per heavy atom. The van der Waals surface area contributed by atoms with Crippen LogP contribution in [0.4, 0.5) is 5.95 Å². The quantitative estimate of drug-likeness (QED) is 0.639. The number of aromatic nitrogens is 3. The van der Waals surface area contributed by atoms with Gasteiger partial charge in [-0.1, -0.05) is 13.8 Å². The number of carbonyl (C=O) groups excluding carboxylic acids is 1. The van der Waals surface area contributed by atoms with Gasteiger partial charge >= 0.3 is 0 Å². The van der Waals surface area contributed by atoms with Gasteiger partial charge in [0.05, 0.1) is 5.69 Å². The number of hydrogen-bond donors (Lipinski definition) is 3. The van der Waals surface area contributed by atoms with E-state index < -0.39 is 0 Å². The molecule has 172 valence electrons. The summed E-state index contributed by atoms with van der Waals surface area (Å²) in [5.41, 5.74) is 9.67. The zero-order valence-electron chi connectivity index (χ0n) is 19.5. The SMILES string of the molecule is CC(C)Nc1ncc(-c2ccncc2)c(C2CCN(C(=O)C3CC(C(C)C)NN3)CC2)n1. The number of hydrogen-bond acceptors (Lipinski definition) is 7. The number of anilines is 1. The first-order valence-corrected chi connectivity index (χ1v) is 11.8. The summed E-state index contributed by atoms with van der Waals surface area (Å²) >= 11 is 0. The van der Waals surface area contributed by atoms with Crippen LogP contribution in [0.15, 0.2) is 30.7 Å². The van der Waals surface area contributed by atoms with E-state index in [4.69, 9.17) is 4.98 Å². The Labute approximate surface area is 190 Å². The van der Waals surface area contributed by atoms with Gasteiger partial charge in [-0.15, -0.1) is 0 Å². The fourth-order valence-corrected chi connectivity index (χ4v) is 4.56. The fourth-order valence-electron chi connectivity index (χ4n) is 4.56. The lowest BCUT2D eigenvalue weighted by Gasteiger charge is -2.34. The molecule has 4 heterocycles. The van der Waals surface area contributed by atoms with E-state index in [1.165, 1.54) is 0 Å². The third kappa shape index (κ3) is 5.07. The lowest BCUT2D eigenvalue weighted by molar-refractivity contribution is -0.134. The number of rotatable bonds is 6. The lowest BCUT2D eigenvalue weighted by atomic mass is 9.88. The van der Waals surface area contributed by atoms with Crippen LogP contribution in [0.3, 0.4) is 0 Å². The zero-order chi connectivity index (χ0) is 22.7. The highest BCUT2D eigenvalue weighted by Crippen LogP contribution is 2.34. The topological polar surface area (TPSA) is 95.1 Å². The highest BCUT2D eigenvalue weighted by molar-refractivity contribution is 5.82. The summed E-state index contributed by atoms with van der Waals surface area (Å²) < 4.78 is 0. The molecule has 2 aromatic rings. The van der Waals surface area contributed by atoms with E-state index in [0.717, 1.165) is 49.2 Å². The van der Waals surface area contributed by atoms with Crippen molar-refractivity contribution in [2.24, 2.45) is 5.92 Å². The molecule has 0 aliphatic carbocycles. The molecule has 2 atom stereocenters. The molecule has 2 aliphatic rings. The minimum atomic E-state index is -0.132. The van der Waals surface area contributed by atoms with Crippen molar-refractivity contribution in [3.63, 3.8) is 0 Å². The normalized spacial score (nSPS) is 22.0. The third-order valence-electron chi connectivity index (χ3n) is 6.46. The monoisotopic (exact) mass is 437 g/mol. The molecule has 8 nitrogen and oxygen atoms in total. The number of likely N-dealkylation sites (tertiary alicyclic amines) is 1.